The molecule has 8 heteroatoms. The number of para-hydroxylation sites is 2. The average Bonchev–Trinajstić information content (AvgIpc) is 3.13. The van der Waals surface area contributed by atoms with E-state index in [2.05, 4.69) is 0 Å². The number of hydrogen-bond acceptors (Lipinski definition) is 5. The summed E-state index contributed by atoms with van der Waals surface area (Å²) in [5, 5.41) is 0.590. The molecule has 31 heavy (non-hydrogen) atoms. The van der Waals surface area contributed by atoms with Crippen LogP contribution in [0, 0.1) is 3.95 Å². The molecule has 0 amide bonds. The van der Waals surface area contributed by atoms with Crippen molar-refractivity contribution in [1.29, 1.82) is 0 Å². The molecule has 5 nitrogen and oxygen atoms in total. The summed E-state index contributed by atoms with van der Waals surface area (Å²) in [6.45, 7) is 0. The number of aromatic nitrogens is 3. The van der Waals surface area contributed by atoms with E-state index in [1.54, 1.807) is 28.8 Å². The zero-order chi connectivity index (χ0) is 21.4. The van der Waals surface area contributed by atoms with E-state index in [1.807, 2.05) is 60.7 Å². The summed E-state index contributed by atoms with van der Waals surface area (Å²) in [6, 6.07) is 25.9. The van der Waals surface area contributed by atoms with Gasteiger partial charge in [0, 0.05) is 10.7 Å². The molecule has 0 aliphatic heterocycles. The number of thiazole rings is 1. The molecule has 0 saturated carbocycles. The first kappa shape index (κ1) is 19.7. The molecule has 0 radical (unpaired) electrons. The highest BCUT2D eigenvalue weighted by molar-refractivity contribution is 7.73. The summed E-state index contributed by atoms with van der Waals surface area (Å²) >= 11 is 12.8. The fraction of sp³-hybridized carbons (Fsp3) is 0. The van der Waals surface area contributed by atoms with E-state index in [-0.39, 0.29) is 11.6 Å². The molecule has 0 atom stereocenters. The molecule has 0 aliphatic carbocycles. The van der Waals surface area contributed by atoms with Gasteiger partial charge in [-0.1, -0.05) is 59.3 Å². The largest absolute Gasteiger partial charge is 0.425 e. The van der Waals surface area contributed by atoms with Crippen LogP contribution in [0.25, 0.3) is 21.7 Å². The number of ether oxygens (including phenoxy) is 1. The number of halogens is 1. The Balaban J connectivity index is 1.80. The minimum Gasteiger partial charge on any atom is -0.425 e. The zero-order valence-electron chi connectivity index (χ0n) is 15.9. The Hall–Kier alpha value is -3.26. The van der Waals surface area contributed by atoms with Crippen LogP contribution in [0.5, 0.6) is 11.8 Å². The maximum Gasteiger partial charge on any atom is 0.311 e. The maximum absolute atomic E-state index is 13.6. The summed E-state index contributed by atoms with van der Waals surface area (Å²) in [7, 11) is 0. The van der Waals surface area contributed by atoms with Crippen molar-refractivity contribution >= 4 is 45.5 Å². The van der Waals surface area contributed by atoms with Crippen LogP contribution in [0.2, 0.25) is 5.02 Å². The quantitative estimate of drug-likeness (QED) is 0.289. The van der Waals surface area contributed by atoms with Gasteiger partial charge in [0.05, 0.1) is 5.69 Å². The van der Waals surface area contributed by atoms with Crippen LogP contribution in [-0.2, 0) is 0 Å². The molecule has 0 spiro atoms. The standard InChI is InChI=1S/C23H14ClN3O2S2/c24-15-11-13-18(14-12-15)29-22-25-20-19(21(28)27(22)17-9-5-2-6-10-17)31-23(30)26(20)16-7-3-1-4-8-16/h1-14H. The van der Waals surface area contributed by atoms with Gasteiger partial charge in [-0.05, 0) is 60.7 Å². The van der Waals surface area contributed by atoms with Gasteiger partial charge in [-0.25, -0.2) is 4.57 Å². The fourth-order valence-corrected chi connectivity index (χ4v) is 4.65. The Bertz CT molecular complexity index is 1490. The molecule has 2 heterocycles. The lowest BCUT2D eigenvalue weighted by Gasteiger charge is -2.13. The first-order valence-electron chi connectivity index (χ1n) is 9.35. The van der Waals surface area contributed by atoms with Crippen molar-refractivity contribution in [3.63, 3.8) is 0 Å². The van der Waals surface area contributed by atoms with Crippen LogP contribution in [0.1, 0.15) is 0 Å². The lowest BCUT2D eigenvalue weighted by Crippen LogP contribution is -2.21. The van der Waals surface area contributed by atoms with Gasteiger partial charge >= 0.3 is 6.01 Å². The molecular formula is C23H14ClN3O2S2. The molecule has 5 rings (SSSR count). The van der Waals surface area contributed by atoms with Crippen LogP contribution >= 0.6 is 35.2 Å². The van der Waals surface area contributed by atoms with E-state index in [0.29, 0.717) is 30.8 Å². The van der Waals surface area contributed by atoms with Gasteiger partial charge in [-0.15, -0.1) is 0 Å². The van der Waals surface area contributed by atoms with Gasteiger partial charge in [-0.3, -0.25) is 9.36 Å². The van der Waals surface area contributed by atoms with Crippen LogP contribution in [0.4, 0.5) is 0 Å². The van der Waals surface area contributed by atoms with Gasteiger partial charge in [0.1, 0.15) is 10.4 Å². The molecule has 0 fully saturated rings. The summed E-state index contributed by atoms with van der Waals surface area (Å²) < 4.78 is 10.3. The number of fused-ring (bicyclic) bond motifs is 1. The minimum absolute atomic E-state index is 0.142. The van der Waals surface area contributed by atoms with E-state index in [9.17, 15) is 4.79 Å². The maximum atomic E-state index is 13.6. The summed E-state index contributed by atoms with van der Waals surface area (Å²) in [4.78, 5) is 18.3. The zero-order valence-corrected chi connectivity index (χ0v) is 18.3. The molecule has 0 aliphatic rings. The number of nitrogens with zero attached hydrogens (tertiary/aromatic N) is 3. The Morgan fingerprint density at radius 3 is 2.03 bits per heavy atom. The molecule has 0 bridgehead atoms. The van der Waals surface area contributed by atoms with Crippen molar-refractivity contribution in [3.8, 4) is 23.1 Å². The molecule has 0 saturated heterocycles. The van der Waals surface area contributed by atoms with Crippen molar-refractivity contribution in [2.75, 3.05) is 0 Å². The second kappa shape index (κ2) is 8.11. The van der Waals surface area contributed by atoms with Gasteiger partial charge in [-0.2, -0.15) is 4.98 Å². The lowest BCUT2D eigenvalue weighted by atomic mass is 10.3. The van der Waals surface area contributed by atoms with Crippen LogP contribution < -0.4 is 10.3 Å². The van der Waals surface area contributed by atoms with Gasteiger partial charge in [0.15, 0.2) is 9.60 Å². The molecule has 0 unspecified atom stereocenters. The van der Waals surface area contributed by atoms with Gasteiger partial charge in [0.2, 0.25) is 0 Å². The summed E-state index contributed by atoms with van der Waals surface area (Å²) in [5.41, 5.74) is 1.70. The van der Waals surface area contributed by atoms with E-state index in [1.165, 1.54) is 15.9 Å². The smallest absolute Gasteiger partial charge is 0.311 e. The monoisotopic (exact) mass is 463 g/mol. The third-order valence-corrected chi connectivity index (χ3v) is 6.23. The average molecular weight is 464 g/mol. The Kier molecular flexibility index (Phi) is 5.15. The Labute approximate surface area is 191 Å². The first-order valence-corrected chi connectivity index (χ1v) is 10.9. The van der Waals surface area contributed by atoms with E-state index in [4.69, 9.17) is 33.5 Å². The SMILES string of the molecule is O=c1c2sc(=S)n(-c3ccccc3)c2nc(Oc2ccc(Cl)cc2)n1-c1ccccc1. The predicted molar refractivity (Wildman–Crippen MR) is 127 cm³/mol. The van der Waals surface area contributed by atoms with Crippen molar-refractivity contribution in [3.05, 3.63) is 104 Å². The lowest BCUT2D eigenvalue weighted by molar-refractivity contribution is 0.427. The van der Waals surface area contributed by atoms with Crippen LogP contribution in [-0.4, -0.2) is 14.1 Å². The number of rotatable bonds is 4. The fourth-order valence-electron chi connectivity index (χ4n) is 3.22. The normalized spacial score (nSPS) is 11.0. The van der Waals surface area contributed by atoms with E-state index in [0.717, 1.165) is 5.69 Å². The Morgan fingerprint density at radius 2 is 1.42 bits per heavy atom. The van der Waals surface area contributed by atoms with Crippen molar-refractivity contribution < 1.29 is 4.74 Å². The second-order valence-corrected chi connectivity index (χ2v) is 8.70. The third-order valence-electron chi connectivity index (χ3n) is 4.63. The third kappa shape index (κ3) is 3.67. The predicted octanol–water partition coefficient (Wildman–Crippen LogP) is 6.41. The van der Waals surface area contributed by atoms with Crippen molar-refractivity contribution in [2.45, 2.75) is 0 Å². The molecule has 5 aromatic rings. The molecular weight excluding hydrogens is 450 g/mol. The van der Waals surface area contributed by atoms with E-state index >= 15 is 0 Å². The summed E-state index contributed by atoms with van der Waals surface area (Å²) in [6.07, 6.45) is 0. The molecule has 0 N–H and O–H groups in total. The number of hydrogen-bond donors (Lipinski definition) is 0. The molecule has 2 aromatic heterocycles. The van der Waals surface area contributed by atoms with Crippen molar-refractivity contribution in [2.24, 2.45) is 0 Å². The summed E-state index contributed by atoms with van der Waals surface area (Å²) in [5.74, 6) is 0.514. The molecule has 152 valence electrons. The van der Waals surface area contributed by atoms with Crippen molar-refractivity contribution in [1.82, 2.24) is 14.1 Å². The minimum atomic E-state index is -0.244. The van der Waals surface area contributed by atoms with Crippen LogP contribution in [0.3, 0.4) is 0 Å². The van der Waals surface area contributed by atoms with Gasteiger partial charge < -0.3 is 4.74 Å². The van der Waals surface area contributed by atoms with E-state index < -0.39 is 0 Å². The highest BCUT2D eigenvalue weighted by Crippen LogP contribution is 2.28. The highest BCUT2D eigenvalue weighted by atomic mass is 35.5. The first-order chi connectivity index (χ1) is 15.1. The number of benzene rings is 3. The second-order valence-electron chi connectivity index (χ2n) is 6.62. The molecule has 3 aromatic carbocycles. The van der Waals surface area contributed by atoms with Gasteiger partial charge in [0.25, 0.3) is 5.56 Å². The topological polar surface area (TPSA) is 49.1 Å². The highest BCUT2D eigenvalue weighted by Gasteiger charge is 2.20. The van der Waals surface area contributed by atoms with Crippen LogP contribution in [0.15, 0.2) is 89.7 Å². The Morgan fingerprint density at radius 1 is 0.839 bits per heavy atom.